The predicted molar refractivity (Wildman–Crippen MR) is 70.9 cm³/mol. The second-order valence-corrected chi connectivity index (χ2v) is 4.39. The zero-order valence-corrected chi connectivity index (χ0v) is 11.3. The van der Waals surface area contributed by atoms with Crippen LogP contribution in [0.4, 0.5) is 13.2 Å². The highest BCUT2D eigenvalue weighted by Gasteiger charge is 2.35. The monoisotopic (exact) mass is 303 g/mol. The van der Waals surface area contributed by atoms with Gasteiger partial charge in [-0.3, -0.25) is 4.79 Å². The third kappa shape index (κ3) is 4.78. The molecule has 0 aromatic heterocycles. The summed E-state index contributed by atoms with van der Waals surface area (Å²) in [5.74, 6) is -1.44. The number of phenols is 1. The summed E-state index contributed by atoms with van der Waals surface area (Å²) in [6, 6.07) is 1.56. The number of hydrogen-bond acceptors (Lipinski definition) is 3. The van der Waals surface area contributed by atoms with Crippen molar-refractivity contribution in [3.63, 3.8) is 0 Å². The molecule has 0 saturated heterocycles. The Labute approximate surface area is 119 Å². The first-order valence-corrected chi connectivity index (χ1v) is 6.22. The minimum absolute atomic E-state index is 0.291. The van der Waals surface area contributed by atoms with Crippen molar-refractivity contribution in [3.8, 4) is 5.75 Å². The molecule has 1 atom stereocenters. The lowest BCUT2D eigenvalue weighted by Crippen LogP contribution is -2.38. The SMILES string of the molecule is CC=CCC(CO)NC(=O)c1cc(O)ccc1C(F)(F)F. The Morgan fingerprint density at radius 3 is 2.62 bits per heavy atom. The molecule has 0 heterocycles. The van der Waals surface area contributed by atoms with E-state index < -0.39 is 41.6 Å². The molecule has 3 N–H and O–H groups in total. The maximum absolute atomic E-state index is 12.8. The van der Waals surface area contributed by atoms with E-state index in [9.17, 15) is 23.1 Å². The summed E-state index contributed by atoms with van der Waals surface area (Å²) in [6.07, 6.45) is -1.05. The standard InChI is InChI=1S/C14H16F3NO3/c1-2-3-4-9(8-19)18-13(21)11-7-10(20)5-6-12(11)14(15,16)17/h2-3,5-7,9,19-20H,4,8H2,1H3,(H,18,21). The minimum Gasteiger partial charge on any atom is -0.508 e. The molecule has 0 bridgehead atoms. The van der Waals surface area contributed by atoms with Crippen LogP contribution < -0.4 is 5.32 Å². The molecule has 0 aliphatic heterocycles. The van der Waals surface area contributed by atoms with Crippen LogP contribution in [0, 0.1) is 0 Å². The second-order valence-electron chi connectivity index (χ2n) is 4.39. The molecule has 1 aromatic carbocycles. The van der Waals surface area contributed by atoms with E-state index >= 15 is 0 Å². The first-order chi connectivity index (χ1) is 9.79. The molecule has 4 nitrogen and oxygen atoms in total. The molecule has 0 aliphatic carbocycles. The zero-order chi connectivity index (χ0) is 16.0. The third-order valence-corrected chi connectivity index (χ3v) is 2.77. The zero-order valence-electron chi connectivity index (χ0n) is 11.3. The molecule has 0 saturated carbocycles. The largest absolute Gasteiger partial charge is 0.508 e. The van der Waals surface area contributed by atoms with E-state index in [0.717, 1.165) is 12.1 Å². The fourth-order valence-corrected chi connectivity index (χ4v) is 1.71. The average molecular weight is 303 g/mol. The van der Waals surface area contributed by atoms with Crippen LogP contribution in [0.25, 0.3) is 0 Å². The molecule has 21 heavy (non-hydrogen) atoms. The first-order valence-electron chi connectivity index (χ1n) is 6.22. The maximum atomic E-state index is 12.8. The normalized spacial score (nSPS) is 13.4. The smallest absolute Gasteiger partial charge is 0.417 e. The van der Waals surface area contributed by atoms with E-state index in [1.807, 2.05) is 0 Å². The van der Waals surface area contributed by atoms with Crippen LogP contribution in [-0.2, 0) is 6.18 Å². The van der Waals surface area contributed by atoms with Gasteiger partial charge in [-0.15, -0.1) is 0 Å². The number of phenolic OH excluding ortho intramolecular Hbond substituents is 1. The Kier molecular flexibility index (Phi) is 5.78. The van der Waals surface area contributed by atoms with Gasteiger partial charge < -0.3 is 15.5 Å². The molecule has 0 fully saturated rings. The molecule has 116 valence electrons. The van der Waals surface area contributed by atoms with E-state index in [1.54, 1.807) is 19.1 Å². The highest BCUT2D eigenvalue weighted by atomic mass is 19.4. The van der Waals surface area contributed by atoms with Crippen molar-refractivity contribution in [1.29, 1.82) is 0 Å². The maximum Gasteiger partial charge on any atom is 0.417 e. The van der Waals surface area contributed by atoms with Gasteiger partial charge in [-0.1, -0.05) is 12.2 Å². The van der Waals surface area contributed by atoms with Gasteiger partial charge in [0.25, 0.3) is 5.91 Å². The summed E-state index contributed by atoms with van der Waals surface area (Å²) in [4.78, 5) is 11.9. The van der Waals surface area contributed by atoms with Gasteiger partial charge in [0.1, 0.15) is 5.75 Å². The fraction of sp³-hybridized carbons (Fsp3) is 0.357. The lowest BCUT2D eigenvalue weighted by molar-refractivity contribution is -0.137. The van der Waals surface area contributed by atoms with Gasteiger partial charge in [-0.2, -0.15) is 13.2 Å². The Balaban J connectivity index is 3.03. The summed E-state index contributed by atoms with van der Waals surface area (Å²) in [5, 5.41) is 20.7. The predicted octanol–water partition coefficient (Wildman–Crippen LogP) is 2.47. The number of allylic oxidation sites excluding steroid dienone is 1. The van der Waals surface area contributed by atoms with Crippen LogP contribution in [0.5, 0.6) is 5.75 Å². The van der Waals surface area contributed by atoms with E-state index in [1.165, 1.54) is 0 Å². The van der Waals surface area contributed by atoms with Crippen LogP contribution in [0.2, 0.25) is 0 Å². The second kappa shape index (κ2) is 7.12. The number of rotatable bonds is 5. The summed E-state index contributed by atoms with van der Waals surface area (Å²) in [5.41, 5.74) is -1.82. The van der Waals surface area contributed by atoms with E-state index in [4.69, 9.17) is 5.11 Å². The van der Waals surface area contributed by atoms with Crippen molar-refractivity contribution in [3.05, 3.63) is 41.5 Å². The molecule has 1 amide bonds. The molecule has 1 aromatic rings. The van der Waals surface area contributed by atoms with E-state index in [2.05, 4.69) is 5.32 Å². The summed E-state index contributed by atoms with van der Waals surface area (Å²) in [6.45, 7) is 1.34. The summed E-state index contributed by atoms with van der Waals surface area (Å²) >= 11 is 0. The van der Waals surface area contributed by atoms with Gasteiger partial charge in [-0.25, -0.2) is 0 Å². The van der Waals surface area contributed by atoms with Crippen molar-refractivity contribution >= 4 is 5.91 Å². The molecular formula is C14H16F3NO3. The van der Waals surface area contributed by atoms with Crippen LogP contribution in [0.1, 0.15) is 29.3 Å². The van der Waals surface area contributed by atoms with Gasteiger partial charge in [0.2, 0.25) is 0 Å². The number of aliphatic hydroxyl groups excluding tert-OH is 1. The number of carbonyl (C=O) groups is 1. The lowest BCUT2D eigenvalue weighted by atomic mass is 10.0. The molecule has 1 rings (SSSR count). The van der Waals surface area contributed by atoms with Crippen LogP contribution >= 0.6 is 0 Å². The van der Waals surface area contributed by atoms with E-state index in [0.29, 0.717) is 12.5 Å². The fourth-order valence-electron chi connectivity index (χ4n) is 1.71. The van der Waals surface area contributed by atoms with Gasteiger partial charge in [0.05, 0.1) is 23.8 Å². The number of aliphatic hydroxyl groups is 1. The number of nitrogens with one attached hydrogen (secondary N) is 1. The Morgan fingerprint density at radius 1 is 1.43 bits per heavy atom. The van der Waals surface area contributed by atoms with Crippen molar-refractivity contribution in [2.45, 2.75) is 25.6 Å². The molecule has 7 heteroatoms. The van der Waals surface area contributed by atoms with Crippen molar-refractivity contribution in [2.75, 3.05) is 6.61 Å². The third-order valence-electron chi connectivity index (χ3n) is 2.77. The molecule has 0 spiro atoms. The Bertz CT molecular complexity index is 527. The number of amides is 1. The van der Waals surface area contributed by atoms with E-state index in [-0.39, 0.29) is 0 Å². The highest BCUT2D eigenvalue weighted by Crippen LogP contribution is 2.33. The number of carbonyl (C=O) groups excluding carboxylic acids is 1. The van der Waals surface area contributed by atoms with Crippen molar-refractivity contribution in [2.24, 2.45) is 0 Å². The number of benzene rings is 1. The molecule has 0 radical (unpaired) electrons. The molecule has 0 aliphatic rings. The number of aromatic hydroxyl groups is 1. The minimum atomic E-state index is -4.71. The number of alkyl halides is 3. The Morgan fingerprint density at radius 2 is 2.10 bits per heavy atom. The highest BCUT2D eigenvalue weighted by molar-refractivity contribution is 5.96. The summed E-state index contributed by atoms with van der Waals surface area (Å²) < 4.78 is 38.5. The first kappa shape index (κ1) is 17.0. The quantitative estimate of drug-likeness (QED) is 0.732. The summed E-state index contributed by atoms with van der Waals surface area (Å²) in [7, 11) is 0. The van der Waals surface area contributed by atoms with Gasteiger partial charge in [0, 0.05) is 0 Å². The topological polar surface area (TPSA) is 69.6 Å². The Hall–Kier alpha value is -2.02. The molecular weight excluding hydrogens is 287 g/mol. The van der Waals surface area contributed by atoms with Crippen LogP contribution in [0.3, 0.4) is 0 Å². The van der Waals surface area contributed by atoms with Gasteiger partial charge in [-0.05, 0) is 31.5 Å². The van der Waals surface area contributed by atoms with Gasteiger partial charge in [0.15, 0.2) is 0 Å². The van der Waals surface area contributed by atoms with Gasteiger partial charge >= 0.3 is 6.18 Å². The average Bonchev–Trinajstić information content (AvgIpc) is 2.41. The van der Waals surface area contributed by atoms with Crippen LogP contribution in [0.15, 0.2) is 30.4 Å². The lowest BCUT2D eigenvalue weighted by Gasteiger charge is -2.17. The number of halogens is 3. The number of hydrogen-bond donors (Lipinski definition) is 3. The van der Waals surface area contributed by atoms with Crippen LogP contribution in [-0.4, -0.2) is 28.8 Å². The van der Waals surface area contributed by atoms with Crippen molar-refractivity contribution < 1.29 is 28.2 Å². The van der Waals surface area contributed by atoms with Crippen molar-refractivity contribution in [1.82, 2.24) is 5.32 Å². The molecule has 1 unspecified atom stereocenters.